The third kappa shape index (κ3) is 2.08. The van der Waals surface area contributed by atoms with E-state index >= 15 is 0 Å². The van der Waals surface area contributed by atoms with Crippen molar-refractivity contribution >= 4 is 12.4 Å². The van der Waals surface area contributed by atoms with Gasteiger partial charge < -0.3 is 5.32 Å². The van der Waals surface area contributed by atoms with Gasteiger partial charge in [0.05, 0.1) is 0 Å². The number of aryl methyl sites for hydroxylation is 1. The van der Waals surface area contributed by atoms with Crippen LogP contribution in [0.15, 0.2) is 18.2 Å². The van der Waals surface area contributed by atoms with Crippen LogP contribution in [0, 0.1) is 5.41 Å². The fourth-order valence-electron chi connectivity index (χ4n) is 3.82. The molecule has 3 rings (SSSR count). The molecule has 0 spiro atoms. The van der Waals surface area contributed by atoms with Gasteiger partial charge in [-0.05, 0) is 41.4 Å². The highest BCUT2D eigenvalue weighted by atomic mass is 35.5. The van der Waals surface area contributed by atoms with E-state index in [9.17, 15) is 0 Å². The van der Waals surface area contributed by atoms with Crippen LogP contribution < -0.4 is 5.32 Å². The van der Waals surface area contributed by atoms with E-state index in [-0.39, 0.29) is 12.4 Å². The van der Waals surface area contributed by atoms with Gasteiger partial charge in [-0.1, -0.05) is 38.5 Å². The van der Waals surface area contributed by atoms with Crippen molar-refractivity contribution in [3.05, 3.63) is 34.9 Å². The zero-order valence-corrected chi connectivity index (χ0v) is 12.3. The van der Waals surface area contributed by atoms with Gasteiger partial charge in [-0.25, -0.2) is 0 Å². The Bertz CT molecular complexity index is 429. The number of hydrogen-bond donors (Lipinski definition) is 1. The Kier molecular flexibility index (Phi) is 4.03. The molecule has 2 atom stereocenters. The minimum absolute atomic E-state index is 0. The largest absolute Gasteiger partial charge is 0.316 e. The van der Waals surface area contributed by atoms with E-state index in [0.717, 1.165) is 5.92 Å². The first-order valence-corrected chi connectivity index (χ1v) is 7.06. The maximum atomic E-state index is 3.60. The molecule has 2 heteroatoms. The predicted octanol–water partition coefficient (Wildman–Crippen LogP) is 3.70. The fraction of sp³-hybridized carbons (Fsp3) is 0.625. The standard InChI is InChI=1S/C16H23N.ClH/c1-3-5-12-6-4-7-14-13(12)8-9-16(2)11-17-10-15(14)16;/h4,6-7,15,17H,3,5,8-11H2,1-2H3;1H/t15-,16-;/m1./s1. The number of rotatable bonds is 2. The average molecular weight is 266 g/mol. The molecule has 1 aromatic rings. The molecule has 0 amide bonds. The van der Waals surface area contributed by atoms with Crippen LogP contribution in [0.25, 0.3) is 0 Å². The normalized spacial score (nSPS) is 29.3. The summed E-state index contributed by atoms with van der Waals surface area (Å²) in [7, 11) is 0. The summed E-state index contributed by atoms with van der Waals surface area (Å²) in [6, 6.07) is 6.99. The Balaban J connectivity index is 0.00000120. The molecule has 1 aromatic carbocycles. The van der Waals surface area contributed by atoms with Crippen molar-refractivity contribution < 1.29 is 0 Å². The lowest BCUT2D eigenvalue weighted by Gasteiger charge is -2.37. The number of benzene rings is 1. The SMILES string of the molecule is CCCc1cccc2c1CC[C@]1(C)CNC[C@H]21.Cl. The van der Waals surface area contributed by atoms with Crippen molar-refractivity contribution in [1.82, 2.24) is 5.32 Å². The highest BCUT2D eigenvalue weighted by Gasteiger charge is 2.43. The molecule has 1 saturated heterocycles. The van der Waals surface area contributed by atoms with E-state index in [1.807, 2.05) is 0 Å². The third-order valence-corrected chi connectivity index (χ3v) is 4.87. The molecule has 1 fully saturated rings. The van der Waals surface area contributed by atoms with Crippen molar-refractivity contribution in [3.8, 4) is 0 Å². The Morgan fingerprint density at radius 3 is 3.00 bits per heavy atom. The zero-order chi connectivity index (χ0) is 11.9. The van der Waals surface area contributed by atoms with Crippen LogP contribution in [0.4, 0.5) is 0 Å². The second kappa shape index (κ2) is 5.22. The quantitative estimate of drug-likeness (QED) is 0.860. The summed E-state index contributed by atoms with van der Waals surface area (Å²) in [5.74, 6) is 0.753. The molecule has 1 heterocycles. The second-order valence-corrected chi connectivity index (χ2v) is 6.07. The summed E-state index contributed by atoms with van der Waals surface area (Å²) < 4.78 is 0. The average Bonchev–Trinajstić information content (AvgIpc) is 2.72. The molecule has 0 saturated carbocycles. The van der Waals surface area contributed by atoms with E-state index in [1.165, 1.54) is 38.8 Å². The first-order valence-electron chi connectivity index (χ1n) is 7.06. The van der Waals surface area contributed by atoms with Crippen LogP contribution in [0.1, 0.15) is 49.3 Å². The monoisotopic (exact) mass is 265 g/mol. The summed E-state index contributed by atoms with van der Waals surface area (Å²) in [4.78, 5) is 0. The van der Waals surface area contributed by atoms with E-state index in [4.69, 9.17) is 0 Å². The van der Waals surface area contributed by atoms with E-state index in [2.05, 4.69) is 37.4 Å². The molecule has 0 radical (unpaired) electrons. The topological polar surface area (TPSA) is 12.0 Å². The lowest BCUT2D eigenvalue weighted by atomic mass is 9.66. The van der Waals surface area contributed by atoms with Gasteiger partial charge in [-0.3, -0.25) is 0 Å². The maximum Gasteiger partial charge on any atom is 0.00323 e. The summed E-state index contributed by atoms with van der Waals surface area (Å²) in [5.41, 5.74) is 5.45. The molecule has 0 aromatic heterocycles. The van der Waals surface area contributed by atoms with Gasteiger partial charge in [-0.15, -0.1) is 12.4 Å². The van der Waals surface area contributed by atoms with Crippen LogP contribution in [0.5, 0.6) is 0 Å². The van der Waals surface area contributed by atoms with Crippen LogP contribution in [-0.2, 0) is 12.8 Å². The molecule has 0 bridgehead atoms. The molecule has 18 heavy (non-hydrogen) atoms. The van der Waals surface area contributed by atoms with E-state index < -0.39 is 0 Å². The van der Waals surface area contributed by atoms with Gasteiger partial charge in [0.25, 0.3) is 0 Å². The minimum Gasteiger partial charge on any atom is -0.316 e. The predicted molar refractivity (Wildman–Crippen MR) is 79.7 cm³/mol. The minimum atomic E-state index is 0. The van der Waals surface area contributed by atoms with Gasteiger partial charge in [0, 0.05) is 19.0 Å². The van der Waals surface area contributed by atoms with Gasteiger partial charge in [0.15, 0.2) is 0 Å². The number of hydrogen-bond acceptors (Lipinski definition) is 1. The Labute approximate surface area is 117 Å². The molecular weight excluding hydrogens is 242 g/mol. The van der Waals surface area contributed by atoms with Crippen LogP contribution in [0.2, 0.25) is 0 Å². The van der Waals surface area contributed by atoms with Gasteiger partial charge >= 0.3 is 0 Å². The summed E-state index contributed by atoms with van der Waals surface area (Å²) in [6.07, 6.45) is 5.16. The lowest BCUT2D eigenvalue weighted by molar-refractivity contribution is 0.277. The maximum absolute atomic E-state index is 3.60. The van der Waals surface area contributed by atoms with Crippen molar-refractivity contribution in [2.24, 2.45) is 5.41 Å². The first kappa shape index (κ1) is 13.9. The van der Waals surface area contributed by atoms with Crippen molar-refractivity contribution in [2.75, 3.05) is 13.1 Å². The number of fused-ring (bicyclic) bond motifs is 3. The highest BCUT2D eigenvalue weighted by molar-refractivity contribution is 5.85. The molecule has 100 valence electrons. The molecular formula is C16H24ClN. The Hall–Kier alpha value is -0.530. The van der Waals surface area contributed by atoms with Crippen molar-refractivity contribution in [3.63, 3.8) is 0 Å². The molecule has 0 unspecified atom stereocenters. The highest BCUT2D eigenvalue weighted by Crippen LogP contribution is 2.48. The molecule has 1 aliphatic carbocycles. The van der Waals surface area contributed by atoms with Crippen LogP contribution >= 0.6 is 12.4 Å². The van der Waals surface area contributed by atoms with Gasteiger partial charge in [0.2, 0.25) is 0 Å². The van der Waals surface area contributed by atoms with Crippen molar-refractivity contribution in [1.29, 1.82) is 0 Å². The molecule has 2 aliphatic rings. The second-order valence-electron chi connectivity index (χ2n) is 6.07. The molecule has 1 N–H and O–H groups in total. The van der Waals surface area contributed by atoms with Crippen molar-refractivity contribution in [2.45, 2.75) is 45.4 Å². The molecule has 1 aliphatic heterocycles. The number of halogens is 1. The van der Waals surface area contributed by atoms with Crippen LogP contribution in [-0.4, -0.2) is 13.1 Å². The van der Waals surface area contributed by atoms with Crippen LogP contribution in [0.3, 0.4) is 0 Å². The van der Waals surface area contributed by atoms with Gasteiger partial charge in [0.1, 0.15) is 0 Å². The summed E-state index contributed by atoms with van der Waals surface area (Å²) >= 11 is 0. The van der Waals surface area contributed by atoms with E-state index in [0.29, 0.717) is 5.41 Å². The lowest BCUT2D eigenvalue weighted by Crippen LogP contribution is -2.30. The number of nitrogens with one attached hydrogen (secondary N) is 1. The summed E-state index contributed by atoms with van der Waals surface area (Å²) in [6.45, 7) is 7.13. The van der Waals surface area contributed by atoms with Gasteiger partial charge in [-0.2, -0.15) is 0 Å². The van der Waals surface area contributed by atoms with E-state index in [1.54, 1.807) is 16.7 Å². The smallest absolute Gasteiger partial charge is 0.00323 e. The zero-order valence-electron chi connectivity index (χ0n) is 11.5. The third-order valence-electron chi connectivity index (χ3n) is 4.87. The fourth-order valence-corrected chi connectivity index (χ4v) is 3.82. The molecule has 1 nitrogen and oxygen atoms in total. The first-order chi connectivity index (χ1) is 8.24. The summed E-state index contributed by atoms with van der Waals surface area (Å²) in [5, 5.41) is 3.60. The Morgan fingerprint density at radius 1 is 1.39 bits per heavy atom. The Morgan fingerprint density at radius 2 is 2.22 bits per heavy atom.